The maximum atomic E-state index is 13.3. The van der Waals surface area contributed by atoms with Crippen LogP contribution in [0.1, 0.15) is 28.8 Å². The number of benzene rings is 2. The maximum absolute atomic E-state index is 13.3. The van der Waals surface area contributed by atoms with Crippen molar-refractivity contribution >= 4 is 23.3 Å². The van der Waals surface area contributed by atoms with Gasteiger partial charge in [-0.1, -0.05) is 24.3 Å². The lowest BCUT2D eigenvalue weighted by Gasteiger charge is -2.37. The lowest BCUT2D eigenvalue weighted by molar-refractivity contribution is -0.124. The van der Waals surface area contributed by atoms with Gasteiger partial charge in [0.05, 0.1) is 31.7 Å². The molecule has 1 saturated heterocycles. The topological polar surface area (TPSA) is 72.9 Å². The van der Waals surface area contributed by atoms with Crippen molar-refractivity contribution in [1.29, 1.82) is 0 Å². The Morgan fingerprint density at radius 2 is 1.50 bits per heavy atom. The molecule has 6 heteroatoms. The summed E-state index contributed by atoms with van der Waals surface area (Å²) >= 11 is 0. The lowest BCUT2D eigenvalue weighted by Crippen LogP contribution is -2.40. The first-order chi connectivity index (χ1) is 16.5. The van der Waals surface area contributed by atoms with Crippen LogP contribution in [0.25, 0.3) is 0 Å². The molecule has 3 fully saturated rings. The number of hydrogen-bond acceptors (Lipinski definition) is 5. The first kappa shape index (κ1) is 21.1. The minimum Gasteiger partial charge on any atom is -0.493 e. The fraction of sp³-hybridized carbons (Fsp3) is 0.393. The fourth-order valence-electron chi connectivity index (χ4n) is 6.44. The van der Waals surface area contributed by atoms with Crippen molar-refractivity contribution in [1.82, 2.24) is 0 Å². The highest BCUT2D eigenvalue weighted by Gasteiger charge is 2.67. The summed E-state index contributed by atoms with van der Waals surface area (Å²) in [5.74, 6) is 2.30. The molecule has 4 aliphatic carbocycles. The molecule has 174 valence electrons. The van der Waals surface area contributed by atoms with E-state index in [1.165, 1.54) is 4.90 Å². The molecule has 0 aromatic heterocycles. The summed E-state index contributed by atoms with van der Waals surface area (Å²) in [4.78, 5) is 40.6. The number of allylic oxidation sites excluding steroid dienone is 2. The zero-order valence-electron chi connectivity index (χ0n) is 19.3. The highest BCUT2D eigenvalue weighted by molar-refractivity contribution is 6.22. The summed E-state index contributed by atoms with van der Waals surface area (Å²) in [6, 6.07) is 12.6. The van der Waals surface area contributed by atoms with E-state index in [9.17, 15) is 14.4 Å². The smallest absolute Gasteiger partial charge is 0.238 e. The standard InChI is InChI=1S/C28H27NO5/c1-33-23-12-6-16(13-24(23)34-2)22(30)11-5-15-3-7-17(8-4-15)29-27(31)25-18-9-10-19(21-14-20(18)21)26(25)28(29)32/h3-4,6-10,12-13,18-21,25-26H,5,11,14H2,1-2H3. The van der Waals surface area contributed by atoms with Gasteiger partial charge in [-0.2, -0.15) is 0 Å². The summed E-state index contributed by atoms with van der Waals surface area (Å²) in [6.07, 6.45) is 6.45. The molecule has 5 aliphatic rings. The second kappa shape index (κ2) is 7.83. The Hall–Kier alpha value is -3.41. The van der Waals surface area contributed by atoms with Gasteiger partial charge in [0.2, 0.25) is 11.8 Å². The van der Waals surface area contributed by atoms with Crippen molar-refractivity contribution in [2.75, 3.05) is 19.1 Å². The summed E-state index contributed by atoms with van der Waals surface area (Å²) in [5.41, 5.74) is 2.19. The Kier molecular flexibility index (Phi) is 4.87. The van der Waals surface area contributed by atoms with E-state index in [1.807, 2.05) is 24.3 Å². The molecule has 2 saturated carbocycles. The molecule has 6 nitrogen and oxygen atoms in total. The van der Waals surface area contributed by atoms with Crippen LogP contribution in [-0.4, -0.2) is 31.8 Å². The molecule has 34 heavy (non-hydrogen) atoms. The molecule has 2 aromatic rings. The number of nitrogens with zero attached hydrogens (tertiary/aromatic N) is 1. The molecule has 2 aromatic carbocycles. The van der Waals surface area contributed by atoms with Gasteiger partial charge >= 0.3 is 0 Å². The van der Waals surface area contributed by atoms with Crippen molar-refractivity contribution in [3.8, 4) is 11.5 Å². The van der Waals surface area contributed by atoms with Crippen LogP contribution in [0.3, 0.4) is 0 Å². The van der Waals surface area contributed by atoms with Crippen LogP contribution in [-0.2, 0) is 16.0 Å². The molecular weight excluding hydrogens is 430 g/mol. The third-order valence-electron chi connectivity index (χ3n) is 8.20. The van der Waals surface area contributed by atoms with Crippen LogP contribution in [0.5, 0.6) is 11.5 Å². The van der Waals surface area contributed by atoms with Crippen molar-refractivity contribution in [3.05, 3.63) is 65.7 Å². The number of anilines is 1. The molecule has 0 spiro atoms. The van der Waals surface area contributed by atoms with E-state index in [0.29, 0.717) is 47.4 Å². The molecular formula is C28H27NO5. The summed E-state index contributed by atoms with van der Waals surface area (Å²) in [7, 11) is 3.10. The summed E-state index contributed by atoms with van der Waals surface area (Å²) in [5, 5.41) is 0. The highest BCUT2D eigenvalue weighted by atomic mass is 16.5. The Morgan fingerprint density at radius 3 is 2.09 bits per heavy atom. The molecule has 0 N–H and O–H groups in total. The number of amides is 2. The van der Waals surface area contributed by atoms with Gasteiger partial charge in [0.15, 0.2) is 17.3 Å². The van der Waals surface area contributed by atoms with Gasteiger partial charge in [-0.05, 0) is 72.4 Å². The number of Topliss-reactive ketones (excluding diaryl/α,β-unsaturated/α-hetero) is 1. The normalized spacial score (nSPS) is 30.2. The molecule has 6 atom stereocenters. The van der Waals surface area contributed by atoms with E-state index in [2.05, 4.69) is 12.2 Å². The number of rotatable bonds is 7. The number of imide groups is 1. The average molecular weight is 458 g/mol. The van der Waals surface area contributed by atoms with Gasteiger partial charge < -0.3 is 9.47 Å². The molecule has 1 aliphatic heterocycles. The summed E-state index contributed by atoms with van der Waals surface area (Å²) < 4.78 is 10.5. The van der Waals surface area contributed by atoms with Crippen LogP contribution < -0.4 is 14.4 Å². The minimum atomic E-state index is -0.190. The number of ketones is 1. The van der Waals surface area contributed by atoms with Gasteiger partial charge in [0.1, 0.15) is 0 Å². The zero-order valence-corrected chi connectivity index (χ0v) is 19.3. The van der Waals surface area contributed by atoms with E-state index in [0.717, 1.165) is 12.0 Å². The van der Waals surface area contributed by atoms with Crippen molar-refractivity contribution in [2.45, 2.75) is 19.3 Å². The van der Waals surface area contributed by atoms with Crippen LogP contribution in [0.15, 0.2) is 54.6 Å². The Labute approximate surface area is 198 Å². The quantitative estimate of drug-likeness (QED) is 0.356. The Bertz CT molecular complexity index is 1180. The van der Waals surface area contributed by atoms with Gasteiger partial charge in [-0.25, -0.2) is 0 Å². The second-order valence-corrected chi connectivity index (χ2v) is 9.83. The maximum Gasteiger partial charge on any atom is 0.238 e. The van der Waals surface area contributed by atoms with Crippen LogP contribution in [0.2, 0.25) is 0 Å². The van der Waals surface area contributed by atoms with Crippen molar-refractivity contribution in [2.24, 2.45) is 35.5 Å². The third-order valence-corrected chi connectivity index (χ3v) is 8.20. The van der Waals surface area contributed by atoms with Crippen LogP contribution >= 0.6 is 0 Å². The van der Waals surface area contributed by atoms with Gasteiger partial charge in [0.25, 0.3) is 0 Å². The number of aryl methyl sites for hydroxylation is 1. The second-order valence-electron chi connectivity index (χ2n) is 9.83. The van der Waals surface area contributed by atoms with Crippen molar-refractivity contribution in [3.63, 3.8) is 0 Å². The average Bonchev–Trinajstić information content (AvgIpc) is 3.65. The lowest BCUT2D eigenvalue weighted by atomic mass is 9.63. The molecule has 7 rings (SSSR count). The predicted molar refractivity (Wildman–Crippen MR) is 126 cm³/mol. The molecule has 1 heterocycles. The van der Waals surface area contributed by atoms with E-state index in [-0.39, 0.29) is 41.3 Å². The summed E-state index contributed by atoms with van der Waals surface area (Å²) in [6.45, 7) is 0. The number of carbonyl (C=O) groups is 3. The minimum absolute atomic E-state index is 0.0144. The number of hydrogen-bond donors (Lipinski definition) is 0. The number of methoxy groups -OCH3 is 2. The van der Waals surface area contributed by atoms with E-state index >= 15 is 0 Å². The van der Waals surface area contributed by atoms with Crippen LogP contribution in [0.4, 0.5) is 5.69 Å². The fourth-order valence-corrected chi connectivity index (χ4v) is 6.44. The highest BCUT2D eigenvalue weighted by Crippen LogP contribution is 2.65. The van der Waals surface area contributed by atoms with E-state index in [4.69, 9.17) is 9.47 Å². The number of ether oxygens (including phenoxy) is 2. The van der Waals surface area contributed by atoms with Gasteiger partial charge in [-0.15, -0.1) is 0 Å². The largest absolute Gasteiger partial charge is 0.493 e. The monoisotopic (exact) mass is 457 g/mol. The zero-order chi connectivity index (χ0) is 23.6. The number of carbonyl (C=O) groups excluding carboxylic acids is 3. The first-order valence-electron chi connectivity index (χ1n) is 11.9. The molecule has 0 radical (unpaired) electrons. The van der Waals surface area contributed by atoms with E-state index in [1.54, 1.807) is 32.4 Å². The van der Waals surface area contributed by atoms with E-state index < -0.39 is 0 Å². The third kappa shape index (κ3) is 3.11. The Morgan fingerprint density at radius 1 is 0.882 bits per heavy atom. The SMILES string of the molecule is COc1ccc(C(=O)CCc2ccc(N3C(=O)C4C5C=CC(C6CC56)C4C3=O)cc2)cc1OC. The molecule has 6 unspecified atom stereocenters. The van der Waals surface area contributed by atoms with Gasteiger partial charge in [-0.3, -0.25) is 19.3 Å². The Balaban J connectivity index is 1.13. The first-order valence-corrected chi connectivity index (χ1v) is 11.9. The molecule has 2 amide bonds. The van der Waals surface area contributed by atoms with Crippen LogP contribution in [0, 0.1) is 35.5 Å². The molecule has 2 bridgehead atoms. The van der Waals surface area contributed by atoms with Crippen molar-refractivity contribution < 1.29 is 23.9 Å². The predicted octanol–water partition coefficient (Wildman–Crippen LogP) is 4.08. The van der Waals surface area contributed by atoms with Gasteiger partial charge in [0, 0.05) is 12.0 Å².